The number of halogens is 3. The monoisotopic (exact) mass is 241 g/mol. The summed E-state index contributed by atoms with van der Waals surface area (Å²) in [6, 6.07) is 0. The lowest BCUT2D eigenvalue weighted by Gasteiger charge is -2.21. The Labute approximate surface area is 93.2 Å². The first-order valence-electron chi connectivity index (χ1n) is 5.36. The van der Waals surface area contributed by atoms with Crippen LogP contribution in [-0.2, 0) is 4.79 Å². The Bertz CT molecular complexity index is 207. The molecule has 0 aromatic carbocycles. The fourth-order valence-electron chi connectivity index (χ4n) is 1.42. The summed E-state index contributed by atoms with van der Waals surface area (Å²) in [7, 11) is 0. The van der Waals surface area contributed by atoms with E-state index < -0.39 is 25.2 Å². The van der Waals surface area contributed by atoms with Crippen LogP contribution in [0.2, 0.25) is 0 Å². The summed E-state index contributed by atoms with van der Waals surface area (Å²) in [5, 5.41) is 8.47. The topological polar surface area (TPSA) is 40.5 Å². The largest absolute Gasteiger partial charge is 0.480 e. The summed E-state index contributed by atoms with van der Waals surface area (Å²) in [4.78, 5) is 11.3. The molecule has 3 nitrogen and oxygen atoms in total. The molecule has 0 atom stereocenters. The van der Waals surface area contributed by atoms with E-state index in [0.717, 1.165) is 24.2 Å². The second kappa shape index (κ2) is 7.49. The lowest BCUT2D eigenvalue weighted by atomic mass is 10.2. The van der Waals surface area contributed by atoms with E-state index in [1.165, 1.54) is 0 Å². The van der Waals surface area contributed by atoms with Crippen LogP contribution in [-0.4, -0.2) is 41.8 Å². The van der Waals surface area contributed by atoms with E-state index in [0.29, 0.717) is 6.42 Å². The van der Waals surface area contributed by atoms with Crippen molar-refractivity contribution in [1.29, 1.82) is 0 Å². The van der Waals surface area contributed by atoms with Gasteiger partial charge in [0.1, 0.15) is 0 Å². The molecule has 0 saturated carbocycles. The number of carbonyl (C=O) groups is 1. The summed E-state index contributed by atoms with van der Waals surface area (Å²) in [5.74, 6) is -1.22. The number of aliphatic carboxylic acids is 1. The molecule has 6 heteroatoms. The predicted molar refractivity (Wildman–Crippen MR) is 54.3 cm³/mol. The molecule has 0 saturated heterocycles. The summed E-state index contributed by atoms with van der Waals surface area (Å²) in [6.07, 6.45) is -0.924. The Hall–Kier alpha value is -0.780. The first-order valence-corrected chi connectivity index (χ1v) is 5.36. The minimum atomic E-state index is -4.33. The Kier molecular flexibility index (Phi) is 7.12. The number of carboxylic acid groups (broad SMARTS) is 1. The molecule has 0 fully saturated rings. The van der Waals surface area contributed by atoms with Crippen molar-refractivity contribution in [2.45, 2.75) is 38.8 Å². The van der Waals surface area contributed by atoms with E-state index in [1.54, 1.807) is 0 Å². The van der Waals surface area contributed by atoms with Crippen molar-refractivity contribution in [2.24, 2.45) is 0 Å². The predicted octanol–water partition coefficient (Wildman–Crippen LogP) is 2.52. The standard InChI is InChI=1S/C10H18F3NO2/c1-2-3-4-5-6-14(7-9(15)16)8-10(11,12)13/h2-8H2,1H3,(H,15,16). The second-order valence-corrected chi connectivity index (χ2v) is 3.78. The zero-order chi connectivity index (χ0) is 12.6. The summed E-state index contributed by atoms with van der Waals surface area (Å²) < 4.78 is 36.3. The van der Waals surface area contributed by atoms with Crippen LogP contribution in [0.4, 0.5) is 13.2 Å². The first kappa shape index (κ1) is 15.2. The van der Waals surface area contributed by atoms with Crippen molar-refractivity contribution in [2.75, 3.05) is 19.6 Å². The van der Waals surface area contributed by atoms with Gasteiger partial charge in [0.15, 0.2) is 0 Å². The molecule has 0 heterocycles. The molecule has 0 aliphatic carbocycles. The quantitative estimate of drug-likeness (QED) is 0.664. The zero-order valence-corrected chi connectivity index (χ0v) is 9.39. The third-order valence-electron chi connectivity index (χ3n) is 2.09. The normalized spacial score (nSPS) is 12.1. The Balaban J connectivity index is 3.96. The number of carboxylic acids is 1. The number of hydrogen-bond donors (Lipinski definition) is 1. The number of rotatable bonds is 8. The van der Waals surface area contributed by atoms with Gasteiger partial charge >= 0.3 is 12.1 Å². The van der Waals surface area contributed by atoms with E-state index in [2.05, 4.69) is 0 Å². The van der Waals surface area contributed by atoms with E-state index >= 15 is 0 Å². The van der Waals surface area contributed by atoms with Crippen LogP contribution in [0.3, 0.4) is 0 Å². The third-order valence-corrected chi connectivity index (χ3v) is 2.09. The highest BCUT2D eigenvalue weighted by molar-refractivity contribution is 5.69. The van der Waals surface area contributed by atoms with Gasteiger partial charge in [-0.3, -0.25) is 9.69 Å². The highest BCUT2D eigenvalue weighted by Crippen LogP contribution is 2.16. The number of nitrogens with zero attached hydrogens (tertiary/aromatic N) is 1. The maximum Gasteiger partial charge on any atom is 0.401 e. The maximum absolute atomic E-state index is 12.1. The third kappa shape index (κ3) is 9.76. The SMILES string of the molecule is CCCCCCN(CC(=O)O)CC(F)(F)F. The summed E-state index contributed by atoms with van der Waals surface area (Å²) >= 11 is 0. The van der Waals surface area contributed by atoms with Crippen LogP contribution < -0.4 is 0 Å². The lowest BCUT2D eigenvalue weighted by Crippen LogP contribution is -2.38. The molecule has 0 unspecified atom stereocenters. The van der Waals surface area contributed by atoms with Crippen molar-refractivity contribution in [3.8, 4) is 0 Å². The molecule has 1 N–H and O–H groups in total. The van der Waals surface area contributed by atoms with E-state index in [1.807, 2.05) is 6.92 Å². The minimum absolute atomic E-state index is 0.186. The van der Waals surface area contributed by atoms with Crippen LogP contribution in [0.25, 0.3) is 0 Å². The van der Waals surface area contributed by atoms with Crippen molar-refractivity contribution in [1.82, 2.24) is 4.90 Å². The molecule has 0 bridgehead atoms. The molecule has 16 heavy (non-hydrogen) atoms. The average molecular weight is 241 g/mol. The Morgan fingerprint density at radius 3 is 2.31 bits per heavy atom. The first-order chi connectivity index (χ1) is 7.35. The second-order valence-electron chi connectivity index (χ2n) is 3.78. The summed E-state index contributed by atoms with van der Waals surface area (Å²) in [5.41, 5.74) is 0. The van der Waals surface area contributed by atoms with Crippen LogP contribution >= 0.6 is 0 Å². The highest BCUT2D eigenvalue weighted by atomic mass is 19.4. The molecular formula is C10H18F3NO2. The van der Waals surface area contributed by atoms with E-state index in [-0.39, 0.29) is 6.54 Å². The molecular weight excluding hydrogens is 223 g/mol. The van der Waals surface area contributed by atoms with Gasteiger partial charge in [0.25, 0.3) is 0 Å². The number of unbranched alkanes of at least 4 members (excludes halogenated alkanes) is 3. The van der Waals surface area contributed by atoms with Gasteiger partial charge in [-0.2, -0.15) is 13.2 Å². The lowest BCUT2D eigenvalue weighted by molar-refractivity contribution is -0.154. The Morgan fingerprint density at radius 1 is 1.25 bits per heavy atom. The molecule has 96 valence electrons. The average Bonchev–Trinajstić information content (AvgIpc) is 2.08. The maximum atomic E-state index is 12.1. The minimum Gasteiger partial charge on any atom is -0.480 e. The molecule has 0 amide bonds. The molecule has 0 rings (SSSR count). The van der Waals surface area contributed by atoms with Crippen LogP contribution in [0.15, 0.2) is 0 Å². The smallest absolute Gasteiger partial charge is 0.401 e. The van der Waals surface area contributed by atoms with Gasteiger partial charge in [0.05, 0.1) is 13.1 Å². The Morgan fingerprint density at radius 2 is 1.88 bits per heavy atom. The van der Waals surface area contributed by atoms with Crippen molar-refractivity contribution in [3.05, 3.63) is 0 Å². The van der Waals surface area contributed by atoms with Crippen molar-refractivity contribution < 1.29 is 23.1 Å². The van der Waals surface area contributed by atoms with Gasteiger partial charge in [0.2, 0.25) is 0 Å². The molecule has 0 aromatic rings. The van der Waals surface area contributed by atoms with Gasteiger partial charge in [-0.05, 0) is 13.0 Å². The van der Waals surface area contributed by atoms with E-state index in [4.69, 9.17) is 5.11 Å². The number of alkyl halides is 3. The van der Waals surface area contributed by atoms with Crippen molar-refractivity contribution >= 4 is 5.97 Å². The molecule has 0 spiro atoms. The van der Waals surface area contributed by atoms with Gasteiger partial charge in [-0.15, -0.1) is 0 Å². The van der Waals surface area contributed by atoms with E-state index in [9.17, 15) is 18.0 Å². The molecule has 0 radical (unpaired) electrons. The fraction of sp³-hybridized carbons (Fsp3) is 0.900. The highest BCUT2D eigenvalue weighted by Gasteiger charge is 2.31. The van der Waals surface area contributed by atoms with Crippen molar-refractivity contribution in [3.63, 3.8) is 0 Å². The number of hydrogen-bond acceptors (Lipinski definition) is 2. The van der Waals surface area contributed by atoms with Crippen LogP contribution in [0.1, 0.15) is 32.6 Å². The summed E-state index contributed by atoms with van der Waals surface area (Å²) in [6.45, 7) is 0.494. The van der Waals surface area contributed by atoms with Crippen LogP contribution in [0, 0.1) is 0 Å². The molecule has 0 aliphatic rings. The van der Waals surface area contributed by atoms with Crippen LogP contribution in [0.5, 0.6) is 0 Å². The molecule has 0 aliphatic heterocycles. The van der Waals surface area contributed by atoms with Gasteiger partial charge < -0.3 is 5.11 Å². The fourth-order valence-corrected chi connectivity index (χ4v) is 1.42. The zero-order valence-electron chi connectivity index (χ0n) is 9.39. The van der Waals surface area contributed by atoms with Gasteiger partial charge in [-0.25, -0.2) is 0 Å². The van der Waals surface area contributed by atoms with Gasteiger partial charge in [-0.1, -0.05) is 26.2 Å². The van der Waals surface area contributed by atoms with Gasteiger partial charge in [0, 0.05) is 0 Å². The molecule has 0 aromatic heterocycles.